The first-order chi connectivity index (χ1) is 8.60. The molecule has 0 aliphatic carbocycles. The number of ether oxygens (including phenoxy) is 1. The summed E-state index contributed by atoms with van der Waals surface area (Å²) < 4.78 is 20.1. The third-order valence-electron chi connectivity index (χ3n) is 2.14. The molecular weight excluding hydrogens is 388 g/mol. The van der Waals surface area contributed by atoms with E-state index >= 15 is 0 Å². The SMILES string of the molecule is Fc1cc(Oc2ncc(Br)cc2CCl)ccc1Br. The van der Waals surface area contributed by atoms with Crippen molar-refractivity contribution in [3.8, 4) is 11.6 Å². The molecule has 6 heteroatoms. The zero-order chi connectivity index (χ0) is 13.1. The van der Waals surface area contributed by atoms with E-state index in [-0.39, 0.29) is 5.88 Å². The van der Waals surface area contributed by atoms with Crippen molar-refractivity contribution >= 4 is 43.5 Å². The number of halogens is 4. The highest BCUT2D eigenvalue weighted by Crippen LogP contribution is 2.28. The number of aromatic nitrogens is 1. The lowest BCUT2D eigenvalue weighted by Gasteiger charge is -2.09. The number of alkyl halides is 1. The average Bonchev–Trinajstić information content (AvgIpc) is 2.36. The van der Waals surface area contributed by atoms with Crippen molar-refractivity contribution in [3.05, 3.63) is 50.8 Å². The van der Waals surface area contributed by atoms with Crippen LogP contribution in [-0.4, -0.2) is 4.98 Å². The first kappa shape index (κ1) is 13.8. The smallest absolute Gasteiger partial charge is 0.223 e. The summed E-state index contributed by atoms with van der Waals surface area (Å²) in [4.78, 5) is 4.11. The zero-order valence-electron chi connectivity index (χ0n) is 8.96. The Morgan fingerprint density at radius 3 is 2.72 bits per heavy atom. The molecule has 0 aliphatic rings. The Labute approximate surface area is 125 Å². The molecule has 0 spiro atoms. The number of pyridine rings is 1. The van der Waals surface area contributed by atoms with Crippen molar-refractivity contribution in [3.63, 3.8) is 0 Å². The second-order valence-corrected chi connectivity index (χ2v) is 5.47. The highest BCUT2D eigenvalue weighted by atomic mass is 79.9. The Morgan fingerprint density at radius 1 is 1.28 bits per heavy atom. The van der Waals surface area contributed by atoms with Crippen molar-refractivity contribution in [2.24, 2.45) is 0 Å². The molecule has 2 aromatic rings. The van der Waals surface area contributed by atoms with Crippen LogP contribution in [0.3, 0.4) is 0 Å². The van der Waals surface area contributed by atoms with Crippen LogP contribution in [0.2, 0.25) is 0 Å². The minimum atomic E-state index is -0.392. The van der Waals surface area contributed by atoms with Crippen LogP contribution in [0.1, 0.15) is 5.56 Å². The van der Waals surface area contributed by atoms with E-state index < -0.39 is 5.82 Å². The predicted molar refractivity (Wildman–Crippen MR) is 75.7 cm³/mol. The number of nitrogens with zero attached hydrogens (tertiary/aromatic N) is 1. The summed E-state index contributed by atoms with van der Waals surface area (Å²) in [5, 5.41) is 0. The molecule has 2 rings (SSSR count). The molecule has 0 aliphatic heterocycles. The number of hydrogen-bond donors (Lipinski definition) is 0. The molecule has 1 heterocycles. The van der Waals surface area contributed by atoms with Gasteiger partial charge in [0.05, 0.1) is 10.4 Å². The molecule has 0 amide bonds. The fourth-order valence-electron chi connectivity index (χ4n) is 1.31. The van der Waals surface area contributed by atoms with Gasteiger partial charge in [0.2, 0.25) is 5.88 Å². The maximum atomic E-state index is 13.3. The lowest BCUT2D eigenvalue weighted by molar-refractivity contribution is 0.453. The molecule has 0 radical (unpaired) electrons. The van der Waals surface area contributed by atoms with Crippen molar-refractivity contribution in [1.29, 1.82) is 0 Å². The van der Waals surface area contributed by atoms with E-state index in [4.69, 9.17) is 16.3 Å². The Kier molecular flexibility index (Phi) is 4.59. The molecule has 0 N–H and O–H groups in total. The zero-order valence-corrected chi connectivity index (χ0v) is 12.9. The van der Waals surface area contributed by atoms with Crippen molar-refractivity contribution in [1.82, 2.24) is 4.98 Å². The highest BCUT2D eigenvalue weighted by molar-refractivity contribution is 9.10. The standard InChI is InChI=1S/C12H7Br2ClFNO/c13-8-3-7(5-15)12(17-6-8)18-9-1-2-10(14)11(16)4-9/h1-4,6H,5H2. The van der Waals surface area contributed by atoms with E-state index in [1.165, 1.54) is 6.07 Å². The molecule has 0 atom stereocenters. The van der Waals surface area contributed by atoms with Gasteiger partial charge in [-0.1, -0.05) is 0 Å². The quantitative estimate of drug-likeness (QED) is 0.660. The summed E-state index contributed by atoms with van der Waals surface area (Å²) in [5.41, 5.74) is 0.731. The second-order valence-electron chi connectivity index (χ2n) is 3.43. The summed E-state index contributed by atoms with van der Waals surface area (Å²) in [6.07, 6.45) is 1.60. The maximum Gasteiger partial charge on any atom is 0.223 e. The lowest BCUT2D eigenvalue weighted by atomic mass is 10.3. The minimum Gasteiger partial charge on any atom is -0.439 e. The van der Waals surface area contributed by atoms with Gasteiger partial charge in [-0.25, -0.2) is 9.37 Å². The van der Waals surface area contributed by atoms with E-state index in [1.54, 1.807) is 18.3 Å². The van der Waals surface area contributed by atoms with Crippen molar-refractivity contribution in [2.75, 3.05) is 0 Å². The summed E-state index contributed by atoms with van der Waals surface area (Å²) in [7, 11) is 0. The first-order valence-corrected chi connectivity index (χ1v) is 7.05. The molecule has 18 heavy (non-hydrogen) atoms. The highest BCUT2D eigenvalue weighted by Gasteiger charge is 2.08. The van der Waals surface area contributed by atoms with Gasteiger partial charge >= 0.3 is 0 Å². The molecule has 0 saturated carbocycles. The Hall–Kier alpha value is -0.650. The van der Waals surface area contributed by atoms with Gasteiger partial charge in [-0.3, -0.25) is 0 Å². The summed E-state index contributed by atoms with van der Waals surface area (Å²) in [6.45, 7) is 0. The topological polar surface area (TPSA) is 22.1 Å². The predicted octanol–water partition coefficient (Wildman–Crippen LogP) is 5.28. The summed E-state index contributed by atoms with van der Waals surface area (Å²) in [6, 6.07) is 6.31. The normalized spacial score (nSPS) is 10.4. The van der Waals surface area contributed by atoms with Gasteiger partial charge in [0, 0.05) is 22.3 Å². The molecule has 1 aromatic carbocycles. The largest absolute Gasteiger partial charge is 0.439 e. The maximum absolute atomic E-state index is 13.3. The Bertz CT molecular complexity index is 580. The van der Waals surface area contributed by atoms with Gasteiger partial charge in [-0.2, -0.15) is 0 Å². The van der Waals surface area contributed by atoms with Gasteiger partial charge in [-0.15, -0.1) is 11.6 Å². The number of rotatable bonds is 3. The molecule has 0 unspecified atom stereocenters. The van der Waals surface area contributed by atoms with Crippen LogP contribution in [0.4, 0.5) is 4.39 Å². The number of hydrogen-bond acceptors (Lipinski definition) is 2. The summed E-state index contributed by atoms with van der Waals surface area (Å²) >= 11 is 12.2. The minimum absolute atomic E-state index is 0.265. The van der Waals surface area contributed by atoms with Crippen LogP contribution < -0.4 is 4.74 Å². The lowest BCUT2D eigenvalue weighted by Crippen LogP contribution is -1.93. The van der Waals surface area contributed by atoms with E-state index in [9.17, 15) is 4.39 Å². The molecule has 0 saturated heterocycles. The first-order valence-electron chi connectivity index (χ1n) is 4.93. The van der Waals surface area contributed by atoms with Crippen molar-refractivity contribution < 1.29 is 9.13 Å². The fraction of sp³-hybridized carbons (Fsp3) is 0.0833. The van der Waals surface area contributed by atoms with Crippen LogP contribution in [-0.2, 0) is 5.88 Å². The molecule has 1 aromatic heterocycles. The molecular formula is C12H7Br2ClFNO. The molecule has 0 fully saturated rings. The van der Waals surface area contributed by atoms with Gasteiger partial charge in [0.15, 0.2) is 0 Å². The second kappa shape index (κ2) is 5.99. The van der Waals surface area contributed by atoms with Crippen LogP contribution in [0.25, 0.3) is 0 Å². The Morgan fingerprint density at radius 2 is 2.06 bits per heavy atom. The molecule has 94 valence electrons. The van der Waals surface area contributed by atoms with Crippen LogP contribution in [0, 0.1) is 5.82 Å². The van der Waals surface area contributed by atoms with Gasteiger partial charge < -0.3 is 4.74 Å². The van der Waals surface area contributed by atoms with Crippen molar-refractivity contribution in [2.45, 2.75) is 5.88 Å². The van der Waals surface area contributed by atoms with Crippen LogP contribution in [0.5, 0.6) is 11.6 Å². The Balaban J connectivity index is 2.30. The van der Waals surface area contributed by atoms with Gasteiger partial charge in [0.1, 0.15) is 11.6 Å². The van der Waals surface area contributed by atoms with Crippen LogP contribution in [0.15, 0.2) is 39.4 Å². The third-order valence-corrected chi connectivity index (χ3v) is 3.51. The van der Waals surface area contributed by atoms with E-state index in [1.807, 2.05) is 6.07 Å². The monoisotopic (exact) mass is 393 g/mol. The molecule has 0 bridgehead atoms. The van der Waals surface area contributed by atoms with Gasteiger partial charge in [-0.05, 0) is 50.1 Å². The summed E-state index contributed by atoms with van der Waals surface area (Å²) in [5.74, 6) is 0.615. The number of benzene rings is 1. The van der Waals surface area contributed by atoms with Crippen LogP contribution >= 0.6 is 43.5 Å². The molecule has 2 nitrogen and oxygen atoms in total. The van der Waals surface area contributed by atoms with E-state index in [0.717, 1.165) is 10.0 Å². The van der Waals surface area contributed by atoms with E-state index in [2.05, 4.69) is 36.8 Å². The van der Waals surface area contributed by atoms with Gasteiger partial charge in [0.25, 0.3) is 0 Å². The average molecular weight is 395 g/mol. The van der Waals surface area contributed by atoms with E-state index in [0.29, 0.717) is 16.1 Å². The third kappa shape index (κ3) is 3.22. The fourth-order valence-corrected chi connectivity index (χ4v) is 2.13.